The fourth-order valence-electron chi connectivity index (χ4n) is 1.62. The Labute approximate surface area is 93.2 Å². The van der Waals surface area contributed by atoms with Crippen LogP contribution >= 0.6 is 0 Å². The zero-order valence-corrected chi connectivity index (χ0v) is 9.20. The second kappa shape index (κ2) is 3.87. The second-order valence-corrected chi connectivity index (χ2v) is 3.80. The van der Waals surface area contributed by atoms with Crippen LogP contribution in [0, 0.1) is 0 Å². The third-order valence-electron chi connectivity index (χ3n) is 2.57. The van der Waals surface area contributed by atoms with Crippen LogP contribution in [0.2, 0.25) is 0 Å². The van der Waals surface area contributed by atoms with E-state index in [-0.39, 0.29) is 5.97 Å². The van der Waals surface area contributed by atoms with Crippen LogP contribution in [0.15, 0.2) is 24.3 Å². The molecule has 1 fully saturated rings. The number of carbonyl (C=O) groups is 1. The van der Waals surface area contributed by atoms with Gasteiger partial charge >= 0.3 is 5.97 Å². The molecule has 0 saturated carbocycles. The molecule has 2 rings (SSSR count). The van der Waals surface area contributed by atoms with Crippen molar-refractivity contribution in [2.75, 3.05) is 0 Å². The van der Waals surface area contributed by atoms with E-state index in [2.05, 4.69) is 0 Å². The smallest absolute Gasteiger partial charge is 0.308 e. The van der Waals surface area contributed by atoms with E-state index in [4.69, 9.17) is 9.47 Å². The van der Waals surface area contributed by atoms with Gasteiger partial charge < -0.3 is 9.47 Å². The van der Waals surface area contributed by atoms with Crippen LogP contribution in [0.1, 0.15) is 31.9 Å². The third kappa shape index (κ3) is 2.07. The van der Waals surface area contributed by atoms with Crippen molar-refractivity contribution >= 4 is 5.97 Å². The molecule has 2 atom stereocenters. The van der Waals surface area contributed by atoms with E-state index in [1.165, 1.54) is 6.92 Å². The lowest BCUT2D eigenvalue weighted by Crippen LogP contribution is -2.02. The van der Waals surface area contributed by atoms with E-state index in [0.717, 1.165) is 5.56 Å². The molecule has 0 radical (unpaired) electrons. The molecule has 2 unspecified atom stereocenters. The van der Waals surface area contributed by atoms with Gasteiger partial charge in [-0.3, -0.25) is 4.79 Å². The number of esters is 1. The number of carbonyl (C=O) groups excluding carboxylic acids is 1. The summed E-state index contributed by atoms with van der Waals surface area (Å²) in [5, 5.41) is 0. The summed E-state index contributed by atoms with van der Waals surface area (Å²) in [6.45, 7) is 3.08. The molecule has 0 N–H and O–H groups in total. The van der Waals surface area contributed by atoms with Gasteiger partial charge in [0.2, 0.25) is 5.85 Å². The van der Waals surface area contributed by atoms with Crippen LogP contribution in [-0.2, 0) is 9.53 Å². The SMILES string of the molecule is CCC1(F)OC1c1ccc(OC(C)=O)cc1. The Hall–Kier alpha value is -1.42. The van der Waals surface area contributed by atoms with Crippen molar-refractivity contribution < 1.29 is 18.7 Å². The van der Waals surface area contributed by atoms with E-state index < -0.39 is 12.0 Å². The van der Waals surface area contributed by atoms with Gasteiger partial charge in [0.05, 0.1) is 0 Å². The number of hydrogen-bond donors (Lipinski definition) is 0. The molecule has 3 nitrogen and oxygen atoms in total. The first-order chi connectivity index (χ1) is 7.55. The maximum atomic E-state index is 13.6. The number of rotatable bonds is 3. The van der Waals surface area contributed by atoms with E-state index in [0.29, 0.717) is 12.2 Å². The fourth-order valence-corrected chi connectivity index (χ4v) is 1.62. The summed E-state index contributed by atoms with van der Waals surface area (Å²) in [5.74, 6) is -1.43. The lowest BCUT2D eigenvalue weighted by Gasteiger charge is -2.02. The second-order valence-electron chi connectivity index (χ2n) is 3.80. The molecule has 1 aromatic carbocycles. The first kappa shape index (κ1) is 11.1. The predicted octanol–water partition coefficient (Wildman–Crippen LogP) is 2.76. The van der Waals surface area contributed by atoms with Crippen molar-refractivity contribution in [3.05, 3.63) is 29.8 Å². The predicted molar refractivity (Wildman–Crippen MR) is 55.7 cm³/mol. The lowest BCUT2D eigenvalue weighted by atomic mass is 10.1. The van der Waals surface area contributed by atoms with Crippen LogP contribution in [0.3, 0.4) is 0 Å². The van der Waals surface area contributed by atoms with Crippen LogP contribution in [-0.4, -0.2) is 11.8 Å². The van der Waals surface area contributed by atoms with E-state index in [1.54, 1.807) is 31.2 Å². The monoisotopic (exact) mass is 224 g/mol. The average molecular weight is 224 g/mol. The van der Waals surface area contributed by atoms with E-state index >= 15 is 0 Å². The van der Waals surface area contributed by atoms with Gasteiger partial charge in [-0.1, -0.05) is 19.1 Å². The van der Waals surface area contributed by atoms with Gasteiger partial charge in [0.1, 0.15) is 11.9 Å². The molecular weight excluding hydrogens is 211 g/mol. The van der Waals surface area contributed by atoms with Crippen molar-refractivity contribution in [1.29, 1.82) is 0 Å². The number of ether oxygens (including phenoxy) is 2. The molecule has 86 valence electrons. The molecule has 4 heteroatoms. The van der Waals surface area contributed by atoms with Crippen molar-refractivity contribution in [3.63, 3.8) is 0 Å². The Balaban J connectivity index is 2.06. The van der Waals surface area contributed by atoms with Crippen molar-refractivity contribution in [3.8, 4) is 5.75 Å². The van der Waals surface area contributed by atoms with Crippen LogP contribution in [0.25, 0.3) is 0 Å². The summed E-state index contributed by atoms with van der Waals surface area (Å²) in [4.78, 5) is 10.7. The summed E-state index contributed by atoms with van der Waals surface area (Å²) >= 11 is 0. The van der Waals surface area contributed by atoms with Crippen LogP contribution < -0.4 is 4.74 Å². The highest BCUT2D eigenvalue weighted by molar-refractivity contribution is 5.69. The average Bonchev–Trinajstić information content (AvgIpc) is 2.92. The Morgan fingerprint density at radius 1 is 1.50 bits per heavy atom. The van der Waals surface area contributed by atoms with Gasteiger partial charge in [-0.2, -0.15) is 0 Å². The topological polar surface area (TPSA) is 38.8 Å². The highest BCUT2D eigenvalue weighted by Crippen LogP contribution is 2.53. The van der Waals surface area contributed by atoms with Crippen molar-refractivity contribution in [2.45, 2.75) is 32.2 Å². The maximum Gasteiger partial charge on any atom is 0.308 e. The first-order valence-corrected chi connectivity index (χ1v) is 5.20. The summed E-state index contributed by atoms with van der Waals surface area (Å²) in [5.41, 5.74) is 0.764. The van der Waals surface area contributed by atoms with Gasteiger partial charge in [0, 0.05) is 13.3 Å². The lowest BCUT2D eigenvalue weighted by molar-refractivity contribution is -0.131. The molecule has 0 aliphatic carbocycles. The minimum absolute atomic E-state index is 0.337. The number of epoxide rings is 1. The fraction of sp³-hybridized carbons (Fsp3) is 0.417. The standard InChI is InChI=1S/C12H13FO3/c1-3-12(13)11(16-12)9-4-6-10(7-5-9)15-8(2)14/h4-7,11H,3H2,1-2H3. The Bertz CT molecular complexity index is 401. The number of halogens is 1. The molecule has 0 amide bonds. The van der Waals surface area contributed by atoms with E-state index in [1.807, 2.05) is 0 Å². The number of benzene rings is 1. The normalized spacial score (nSPS) is 27.6. The Kier molecular flexibility index (Phi) is 2.68. The van der Waals surface area contributed by atoms with Gasteiger partial charge in [0.25, 0.3) is 0 Å². The zero-order chi connectivity index (χ0) is 11.8. The molecule has 1 aromatic rings. The number of alkyl halides is 1. The molecule has 0 spiro atoms. The summed E-state index contributed by atoms with van der Waals surface area (Å²) in [6.07, 6.45) is -0.146. The Morgan fingerprint density at radius 2 is 2.12 bits per heavy atom. The largest absolute Gasteiger partial charge is 0.427 e. The minimum atomic E-state index is -1.51. The zero-order valence-electron chi connectivity index (χ0n) is 9.20. The first-order valence-electron chi connectivity index (χ1n) is 5.20. The quantitative estimate of drug-likeness (QED) is 0.450. The molecule has 16 heavy (non-hydrogen) atoms. The maximum absolute atomic E-state index is 13.6. The summed E-state index contributed by atoms with van der Waals surface area (Å²) < 4.78 is 23.4. The molecule has 1 aliphatic heterocycles. The third-order valence-corrected chi connectivity index (χ3v) is 2.57. The highest BCUT2D eigenvalue weighted by Gasteiger charge is 2.57. The van der Waals surface area contributed by atoms with Gasteiger partial charge in [-0.25, -0.2) is 4.39 Å². The van der Waals surface area contributed by atoms with Gasteiger partial charge in [0.15, 0.2) is 0 Å². The van der Waals surface area contributed by atoms with Crippen molar-refractivity contribution in [2.24, 2.45) is 0 Å². The van der Waals surface area contributed by atoms with Crippen LogP contribution in [0.5, 0.6) is 5.75 Å². The molecule has 1 heterocycles. The van der Waals surface area contributed by atoms with Crippen molar-refractivity contribution in [1.82, 2.24) is 0 Å². The number of hydrogen-bond acceptors (Lipinski definition) is 3. The molecule has 1 saturated heterocycles. The highest BCUT2D eigenvalue weighted by atomic mass is 19.2. The van der Waals surface area contributed by atoms with Crippen LogP contribution in [0.4, 0.5) is 4.39 Å². The Morgan fingerprint density at radius 3 is 2.56 bits per heavy atom. The van der Waals surface area contributed by atoms with Gasteiger partial charge in [-0.15, -0.1) is 0 Å². The van der Waals surface area contributed by atoms with E-state index in [9.17, 15) is 9.18 Å². The molecule has 1 aliphatic rings. The summed E-state index contributed by atoms with van der Waals surface area (Å²) in [7, 11) is 0. The van der Waals surface area contributed by atoms with Gasteiger partial charge in [-0.05, 0) is 17.7 Å². The minimum Gasteiger partial charge on any atom is -0.427 e. The summed E-state index contributed by atoms with van der Waals surface area (Å²) in [6, 6.07) is 6.68. The molecule has 0 bridgehead atoms. The molecular formula is C12H13FO3. The molecule has 0 aromatic heterocycles.